The number of likely N-dealkylation sites (tertiary alicyclic amines) is 1. The standard InChI is InChI=1S/C39H51N9O8/c1-6-39(2,3)33(50)36(51)48-17-8-7-12-27(48)37(52)56-28(15-13-23-14-16-29(53-4)30(18-23)54-5)24-10-9-11-26(19-24)55-22-31(49)47-43-21-25-20-42-35-32(44-25)34(40)45-38(41)46-35/h9-11,16,18-20,23,27-28,43H,6-8,12-15,17,21-22H2,1-5H3,(H,47,49)(H4,40,41,42,45,46)/t23-,27?,28?/m1/s1. The molecule has 56 heavy (non-hydrogen) atoms. The van der Waals surface area contributed by atoms with E-state index in [-0.39, 0.29) is 36.5 Å². The first-order valence-electron chi connectivity index (χ1n) is 18.7. The Bertz CT molecular complexity index is 1980. The van der Waals surface area contributed by atoms with Crippen molar-refractivity contribution in [2.24, 2.45) is 11.3 Å². The van der Waals surface area contributed by atoms with E-state index in [1.54, 1.807) is 46.3 Å². The fourth-order valence-corrected chi connectivity index (χ4v) is 6.45. The minimum Gasteiger partial charge on any atom is -0.493 e. The maximum absolute atomic E-state index is 14.0. The molecule has 3 aromatic rings. The van der Waals surface area contributed by atoms with Crippen LogP contribution in [0, 0.1) is 11.3 Å². The molecule has 1 fully saturated rings. The number of allylic oxidation sites excluding steroid dienone is 2. The molecule has 2 aliphatic rings. The Morgan fingerprint density at radius 2 is 1.84 bits per heavy atom. The van der Waals surface area contributed by atoms with Crippen LogP contribution in [0.1, 0.15) is 83.1 Å². The monoisotopic (exact) mass is 773 g/mol. The Morgan fingerprint density at radius 3 is 2.59 bits per heavy atom. The third-order valence-corrected chi connectivity index (χ3v) is 10.1. The van der Waals surface area contributed by atoms with E-state index >= 15 is 0 Å². The predicted molar refractivity (Wildman–Crippen MR) is 206 cm³/mol. The molecular weight excluding hydrogens is 722 g/mol. The summed E-state index contributed by atoms with van der Waals surface area (Å²) >= 11 is 0. The molecule has 2 unspecified atom stereocenters. The van der Waals surface area contributed by atoms with Gasteiger partial charge in [0.05, 0.1) is 32.7 Å². The highest BCUT2D eigenvalue weighted by Crippen LogP contribution is 2.34. The number of nitrogens with one attached hydrogen (secondary N) is 2. The van der Waals surface area contributed by atoms with Crippen molar-refractivity contribution in [3.05, 3.63) is 65.4 Å². The number of fused-ring (bicyclic) bond motifs is 1. The number of carbonyl (C=O) groups excluding carboxylic acids is 4. The second-order valence-corrected chi connectivity index (χ2v) is 14.3. The number of benzene rings is 1. The van der Waals surface area contributed by atoms with Crippen LogP contribution in [0.25, 0.3) is 11.2 Å². The number of methoxy groups -OCH3 is 2. The lowest BCUT2D eigenvalue weighted by Gasteiger charge is -2.36. The number of ether oxygens (including phenoxy) is 4. The number of carbonyl (C=O) groups is 4. The molecule has 2 aromatic heterocycles. The molecule has 0 bridgehead atoms. The number of Topliss-reactive ketones (excluding diaryl/α,β-unsaturated/α-hetero) is 1. The second kappa shape index (κ2) is 18.7. The first-order valence-corrected chi connectivity index (χ1v) is 18.7. The highest BCUT2D eigenvalue weighted by atomic mass is 16.5. The molecule has 0 radical (unpaired) electrons. The van der Waals surface area contributed by atoms with Crippen molar-refractivity contribution in [2.45, 2.75) is 84.4 Å². The van der Waals surface area contributed by atoms with Crippen molar-refractivity contribution < 1.29 is 38.1 Å². The lowest BCUT2D eigenvalue weighted by Crippen LogP contribution is -2.53. The van der Waals surface area contributed by atoms with Gasteiger partial charge in [0.25, 0.3) is 11.8 Å². The van der Waals surface area contributed by atoms with Gasteiger partial charge in [-0.15, -0.1) is 0 Å². The fourth-order valence-electron chi connectivity index (χ4n) is 6.45. The number of hydrazine groups is 1. The van der Waals surface area contributed by atoms with Crippen molar-refractivity contribution in [1.82, 2.24) is 35.7 Å². The number of aromatic nitrogens is 4. The van der Waals surface area contributed by atoms with E-state index in [0.29, 0.717) is 79.1 Å². The van der Waals surface area contributed by atoms with E-state index in [1.165, 1.54) is 11.1 Å². The van der Waals surface area contributed by atoms with Gasteiger partial charge < -0.3 is 35.3 Å². The zero-order valence-corrected chi connectivity index (χ0v) is 32.5. The first kappa shape index (κ1) is 41.3. The van der Waals surface area contributed by atoms with Gasteiger partial charge in [0, 0.05) is 12.0 Å². The molecule has 6 N–H and O–H groups in total. The Labute approximate surface area is 325 Å². The molecule has 0 saturated carbocycles. The normalized spacial score (nSPS) is 17.6. The van der Waals surface area contributed by atoms with Crippen LogP contribution in [0.4, 0.5) is 11.8 Å². The second-order valence-electron chi connectivity index (χ2n) is 14.3. The molecule has 0 spiro atoms. The topological polar surface area (TPSA) is 236 Å². The highest BCUT2D eigenvalue weighted by molar-refractivity contribution is 6.38. The average molecular weight is 774 g/mol. The van der Waals surface area contributed by atoms with Crippen molar-refractivity contribution in [2.75, 3.05) is 38.8 Å². The SMILES string of the molecule is CCC(C)(C)C(=O)C(=O)N1CCCCC1C(=O)OC(CC[C@H]1C=C(OC)C(OC)=CC1)c1cccc(OCC(=O)NNCc2cnc3nc(N)nc(N)c3n2)c1. The number of hydrogen-bond donors (Lipinski definition) is 4. The Kier molecular flexibility index (Phi) is 13.8. The molecular formula is C39H51N9O8. The molecule has 3 heterocycles. The molecule has 2 amide bonds. The minimum atomic E-state index is -0.891. The summed E-state index contributed by atoms with van der Waals surface area (Å²) in [5.41, 5.74) is 17.7. The van der Waals surface area contributed by atoms with Crippen LogP contribution in [-0.4, -0.2) is 81.8 Å². The van der Waals surface area contributed by atoms with Crippen LogP contribution in [0.3, 0.4) is 0 Å². The molecule has 1 aromatic carbocycles. The quantitative estimate of drug-likeness (QED) is 0.0871. The average Bonchev–Trinajstić information content (AvgIpc) is 3.21. The summed E-state index contributed by atoms with van der Waals surface area (Å²) in [4.78, 5) is 71.2. The van der Waals surface area contributed by atoms with Gasteiger partial charge in [0.2, 0.25) is 11.7 Å². The first-order chi connectivity index (χ1) is 26.8. The van der Waals surface area contributed by atoms with E-state index in [0.717, 1.165) is 6.42 Å². The lowest BCUT2D eigenvalue weighted by molar-refractivity contribution is -0.164. The van der Waals surface area contributed by atoms with Crippen LogP contribution >= 0.6 is 0 Å². The number of rotatable bonds is 17. The van der Waals surface area contributed by atoms with E-state index in [4.69, 9.17) is 30.4 Å². The third-order valence-electron chi connectivity index (χ3n) is 10.1. The summed E-state index contributed by atoms with van der Waals surface area (Å²) in [5, 5.41) is 0. The number of nitrogen functional groups attached to an aromatic ring is 2. The maximum atomic E-state index is 14.0. The Hall–Kier alpha value is -5.84. The zero-order valence-electron chi connectivity index (χ0n) is 32.5. The van der Waals surface area contributed by atoms with Crippen LogP contribution in [-0.2, 0) is 39.9 Å². The van der Waals surface area contributed by atoms with E-state index in [2.05, 4.69) is 30.8 Å². The molecule has 1 saturated heterocycles. The van der Waals surface area contributed by atoms with Gasteiger partial charge in [-0.1, -0.05) is 32.9 Å². The van der Waals surface area contributed by atoms with Crippen LogP contribution in [0.5, 0.6) is 5.75 Å². The number of anilines is 2. The van der Waals surface area contributed by atoms with Crippen molar-refractivity contribution in [3.63, 3.8) is 0 Å². The van der Waals surface area contributed by atoms with Gasteiger partial charge in [-0.25, -0.2) is 20.2 Å². The number of piperidine rings is 1. The third kappa shape index (κ3) is 10.3. The fraction of sp³-hybridized carbons (Fsp3) is 0.487. The Balaban J connectivity index is 1.26. The summed E-state index contributed by atoms with van der Waals surface area (Å²) in [6.07, 6.45) is 8.76. The van der Waals surface area contributed by atoms with Crippen molar-refractivity contribution in [1.29, 1.82) is 0 Å². The summed E-state index contributed by atoms with van der Waals surface area (Å²) in [6, 6.07) is 6.10. The predicted octanol–water partition coefficient (Wildman–Crippen LogP) is 3.62. The number of amides is 2. The van der Waals surface area contributed by atoms with Gasteiger partial charge in [-0.3, -0.25) is 19.8 Å². The summed E-state index contributed by atoms with van der Waals surface area (Å²) < 4.78 is 23.0. The Morgan fingerprint density at radius 1 is 1.05 bits per heavy atom. The molecule has 300 valence electrons. The van der Waals surface area contributed by atoms with Crippen LogP contribution in [0.2, 0.25) is 0 Å². The van der Waals surface area contributed by atoms with E-state index < -0.39 is 41.1 Å². The van der Waals surface area contributed by atoms with Gasteiger partial charge in [0.15, 0.2) is 35.1 Å². The number of nitrogens with two attached hydrogens (primary N) is 2. The summed E-state index contributed by atoms with van der Waals surface area (Å²) in [7, 11) is 3.17. The number of esters is 1. The van der Waals surface area contributed by atoms with Gasteiger partial charge >= 0.3 is 5.97 Å². The van der Waals surface area contributed by atoms with Crippen molar-refractivity contribution in [3.8, 4) is 5.75 Å². The molecule has 3 atom stereocenters. The number of ketones is 1. The van der Waals surface area contributed by atoms with E-state index in [9.17, 15) is 19.2 Å². The van der Waals surface area contributed by atoms with Gasteiger partial charge in [0.1, 0.15) is 17.9 Å². The van der Waals surface area contributed by atoms with Gasteiger partial charge in [-0.2, -0.15) is 9.97 Å². The molecule has 17 nitrogen and oxygen atoms in total. The summed E-state index contributed by atoms with van der Waals surface area (Å²) in [6.45, 7) is 5.43. The largest absolute Gasteiger partial charge is 0.493 e. The maximum Gasteiger partial charge on any atom is 0.329 e. The molecule has 17 heteroatoms. The van der Waals surface area contributed by atoms with Crippen LogP contribution < -0.4 is 27.1 Å². The van der Waals surface area contributed by atoms with E-state index in [1.807, 2.05) is 25.1 Å². The molecule has 1 aliphatic carbocycles. The van der Waals surface area contributed by atoms with Gasteiger partial charge in [-0.05, 0) is 80.7 Å². The minimum absolute atomic E-state index is 0.00823. The summed E-state index contributed by atoms with van der Waals surface area (Å²) in [5.74, 6) is -0.386. The number of nitrogens with zero attached hydrogens (tertiary/aromatic N) is 5. The smallest absolute Gasteiger partial charge is 0.329 e. The number of hydrogen-bond acceptors (Lipinski definition) is 15. The molecule has 1 aliphatic heterocycles. The molecule has 5 rings (SSSR count). The highest BCUT2D eigenvalue weighted by Gasteiger charge is 2.41. The zero-order chi connectivity index (χ0) is 40.4. The lowest BCUT2D eigenvalue weighted by atomic mass is 9.84. The van der Waals surface area contributed by atoms with Crippen molar-refractivity contribution >= 4 is 46.5 Å². The van der Waals surface area contributed by atoms with Crippen LogP contribution in [0.15, 0.2) is 54.1 Å².